The highest BCUT2D eigenvalue weighted by atomic mass is 35.5. The lowest BCUT2D eigenvalue weighted by Crippen LogP contribution is -1.88. The summed E-state index contributed by atoms with van der Waals surface area (Å²) in [6, 6.07) is 7.17. The summed E-state index contributed by atoms with van der Waals surface area (Å²) in [5, 5.41) is 18.0. The van der Waals surface area contributed by atoms with Crippen LogP contribution in [0, 0.1) is 11.3 Å². The summed E-state index contributed by atoms with van der Waals surface area (Å²) in [6.45, 7) is 0.0993. The molecule has 0 aliphatic rings. The maximum Gasteiger partial charge on any atom is 0.100 e. The van der Waals surface area contributed by atoms with Crippen LogP contribution in [0.1, 0.15) is 5.56 Å². The Hall–Kier alpha value is -0.690. The number of aliphatic hydroxyl groups is 1. The largest absolute Gasteiger partial charge is 0.396 e. The lowest BCUT2D eigenvalue weighted by Gasteiger charge is -2.02. The minimum absolute atomic E-state index is 0.0993. The van der Waals surface area contributed by atoms with Gasteiger partial charge in [0.15, 0.2) is 0 Å². The summed E-state index contributed by atoms with van der Waals surface area (Å²) < 4.78 is 0. The summed E-state index contributed by atoms with van der Waals surface area (Å²) in [5.41, 5.74) is 0.600. The average molecular weight is 214 g/mol. The van der Waals surface area contributed by atoms with Crippen LogP contribution in [0.25, 0.3) is 0 Å². The number of rotatable bonds is 3. The van der Waals surface area contributed by atoms with Gasteiger partial charge in [0.2, 0.25) is 0 Å². The molecule has 0 radical (unpaired) electrons. The van der Waals surface area contributed by atoms with Crippen LogP contribution in [0.15, 0.2) is 23.1 Å². The molecular weight excluding hydrogens is 206 g/mol. The van der Waals surface area contributed by atoms with Gasteiger partial charge in [-0.25, -0.2) is 0 Å². The van der Waals surface area contributed by atoms with Gasteiger partial charge >= 0.3 is 0 Å². The molecule has 2 nitrogen and oxygen atoms in total. The topological polar surface area (TPSA) is 44.0 Å². The van der Waals surface area contributed by atoms with E-state index in [0.29, 0.717) is 16.3 Å². The zero-order valence-corrected chi connectivity index (χ0v) is 8.40. The first-order valence-electron chi connectivity index (χ1n) is 3.71. The number of thioether (sulfide) groups is 1. The number of hydrogen-bond acceptors (Lipinski definition) is 3. The van der Waals surface area contributed by atoms with Gasteiger partial charge < -0.3 is 5.11 Å². The van der Waals surface area contributed by atoms with E-state index in [1.165, 1.54) is 11.8 Å². The minimum atomic E-state index is 0.0993. The monoisotopic (exact) mass is 213 g/mol. The number of hydrogen-bond donors (Lipinski definition) is 1. The number of aliphatic hydroxyl groups excluding tert-OH is 1. The van der Waals surface area contributed by atoms with Gasteiger partial charge in [-0.2, -0.15) is 5.26 Å². The molecule has 0 amide bonds. The van der Waals surface area contributed by atoms with Crippen LogP contribution < -0.4 is 0 Å². The van der Waals surface area contributed by atoms with Crippen molar-refractivity contribution in [3.05, 3.63) is 28.8 Å². The molecule has 0 aliphatic carbocycles. The van der Waals surface area contributed by atoms with Crippen LogP contribution in [0.3, 0.4) is 0 Å². The van der Waals surface area contributed by atoms with E-state index in [9.17, 15) is 0 Å². The van der Waals surface area contributed by atoms with E-state index in [4.69, 9.17) is 22.0 Å². The maximum atomic E-state index is 8.74. The highest BCUT2D eigenvalue weighted by molar-refractivity contribution is 7.99. The molecule has 1 aromatic rings. The standard InChI is InChI=1S/C9H8ClNOS/c10-8-2-1-7(6-11)9(5-8)13-4-3-12/h1-2,5,12H,3-4H2. The predicted octanol–water partition coefficient (Wildman–Crippen LogP) is 2.30. The van der Waals surface area contributed by atoms with Crippen LogP contribution in [-0.2, 0) is 0 Å². The second-order valence-corrected chi connectivity index (χ2v) is 3.90. The molecule has 0 heterocycles. The van der Waals surface area contributed by atoms with Crippen LogP contribution in [0.5, 0.6) is 0 Å². The van der Waals surface area contributed by atoms with Crippen molar-refractivity contribution in [3.63, 3.8) is 0 Å². The quantitative estimate of drug-likeness (QED) is 0.784. The Bertz CT molecular complexity index is 335. The highest BCUT2D eigenvalue weighted by Gasteiger charge is 2.02. The number of benzene rings is 1. The maximum absolute atomic E-state index is 8.74. The number of nitrogens with zero attached hydrogens (tertiary/aromatic N) is 1. The molecule has 4 heteroatoms. The molecule has 0 saturated heterocycles. The lowest BCUT2D eigenvalue weighted by molar-refractivity contribution is 0.322. The van der Waals surface area contributed by atoms with Crippen molar-refractivity contribution < 1.29 is 5.11 Å². The molecule has 0 aliphatic heterocycles. The first kappa shape index (κ1) is 10.4. The van der Waals surface area contributed by atoms with Crippen molar-refractivity contribution in [2.75, 3.05) is 12.4 Å². The fourth-order valence-corrected chi connectivity index (χ4v) is 1.89. The van der Waals surface area contributed by atoms with Gasteiger partial charge in [-0.3, -0.25) is 0 Å². The van der Waals surface area contributed by atoms with E-state index in [2.05, 4.69) is 6.07 Å². The Morgan fingerprint density at radius 2 is 2.31 bits per heavy atom. The second-order valence-electron chi connectivity index (χ2n) is 2.32. The van der Waals surface area contributed by atoms with Gasteiger partial charge in [-0.1, -0.05) is 11.6 Å². The first-order valence-corrected chi connectivity index (χ1v) is 5.07. The molecule has 13 heavy (non-hydrogen) atoms. The van der Waals surface area contributed by atoms with Crippen LogP contribution in [0.2, 0.25) is 5.02 Å². The molecule has 0 bridgehead atoms. The Morgan fingerprint density at radius 3 is 2.92 bits per heavy atom. The third kappa shape index (κ3) is 2.92. The zero-order chi connectivity index (χ0) is 9.68. The Labute approximate surface area is 86.1 Å². The number of halogens is 1. The summed E-state index contributed by atoms with van der Waals surface area (Å²) in [4.78, 5) is 0.823. The van der Waals surface area contributed by atoms with Crippen molar-refractivity contribution in [1.82, 2.24) is 0 Å². The van der Waals surface area contributed by atoms with Gasteiger partial charge in [-0.05, 0) is 18.2 Å². The van der Waals surface area contributed by atoms with Gasteiger partial charge in [0.1, 0.15) is 6.07 Å². The smallest absolute Gasteiger partial charge is 0.100 e. The molecule has 0 fully saturated rings. The van der Waals surface area contributed by atoms with E-state index in [-0.39, 0.29) is 6.61 Å². The first-order chi connectivity index (χ1) is 6.27. The van der Waals surface area contributed by atoms with Crippen LogP contribution >= 0.6 is 23.4 Å². The summed E-state index contributed by atoms with van der Waals surface area (Å²) in [5.74, 6) is 0.578. The van der Waals surface area contributed by atoms with Gasteiger partial charge in [0.25, 0.3) is 0 Å². The predicted molar refractivity (Wildman–Crippen MR) is 54.0 cm³/mol. The zero-order valence-electron chi connectivity index (χ0n) is 6.83. The van der Waals surface area contributed by atoms with E-state index in [1.54, 1.807) is 18.2 Å². The third-order valence-corrected chi connectivity index (χ3v) is 2.68. The molecule has 0 spiro atoms. The SMILES string of the molecule is N#Cc1ccc(Cl)cc1SCCO. The lowest BCUT2D eigenvalue weighted by atomic mass is 10.2. The molecular formula is C9H8ClNOS. The molecule has 1 aromatic carbocycles. The van der Waals surface area contributed by atoms with Gasteiger partial charge in [0.05, 0.1) is 12.2 Å². The molecule has 68 valence electrons. The fraction of sp³-hybridized carbons (Fsp3) is 0.222. The highest BCUT2D eigenvalue weighted by Crippen LogP contribution is 2.25. The molecule has 0 saturated carbocycles. The van der Waals surface area contributed by atoms with E-state index < -0.39 is 0 Å². The summed E-state index contributed by atoms with van der Waals surface area (Å²) in [6.07, 6.45) is 0. The normalized spacial score (nSPS) is 9.62. The number of nitriles is 1. The fourth-order valence-electron chi connectivity index (χ4n) is 0.864. The molecule has 0 unspecified atom stereocenters. The van der Waals surface area contributed by atoms with Crippen molar-refractivity contribution >= 4 is 23.4 Å². The average Bonchev–Trinajstić information content (AvgIpc) is 2.15. The second kappa shape index (κ2) is 5.13. The van der Waals surface area contributed by atoms with Gasteiger partial charge in [-0.15, -0.1) is 11.8 Å². The summed E-state index contributed by atoms with van der Waals surface area (Å²) in [7, 11) is 0. The Kier molecular flexibility index (Phi) is 4.10. The van der Waals surface area contributed by atoms with Gasteiger partial charge in [0, 0.05) is 15.7 Å². The van der Waals surface area contributed by atoms with Crippen molar-refractivity contribution in [1.29, 1.82) is 5.26 Å². The molecule has 0 atom stereocenters. The van der Waals surface area contributed by atoms with Crippen LogP contribution in [0.4, 0.5) is 0 Å². The third-order valence-electron chi connectivity index (χ3n) is 1.41. The summed E-state index contributed by atoms with van der Waals surface area (Å²) >= 11 is 7.20. The Morgan fingerprint density at radius 1 is 1.54 bits per heavy atom. The van der Waals surface area contributed by atoms with E-state index in [1.807, 2.05) is 0 Å². The molecule has 0 aromatic heterocycles. The van der Waals surface area contributed by atoms with Crippen molar-refractivity contribution in [3.8, 4) is 6.07 Å². The molecule has 1 N–H and O–H groups in total. The van der Waals surface area contributed by atoms with E-state index in [0.717, 1.165) is 4.90 Å². The van der Waals surface area contributed by atoms with Crippen molar-refractivity contribution in [2.24, 2.45) is 0 Å². The molecule has 1 rings (SSSR count). The van der Waals surface area contributed by atoms with Crippen molar-refractivity contribution in [2.45, 2.75) is 4.90 Å². The van der Waals surface area contributed by atoms with Crippen LogP contribution in [-0.4, -0.2) is 17.5 Å². The van der Waals surface area contributed by atoms with E-state index >= 15 is 0 Å². The Balaban J connectivity index is 2.89. The minimum Gasteiger partial charge on any atom is -0.396 e.